The number of carbonyl (C=O) groups is 2. The molecule has 3 aromatic carbocycles. The number of anilines is 1. The molecule has 0 atom stereocenters. The summed E-state index contributed by atoms with van der Waals surface area (Å²) in [5.74, 6) is -1.34. The van der Waals surface area contributed by atoms with Crippen LogP contribution in [0.1, 0.15) is 12.8 Å². The number of fused-ring (bicyclic) bond motifs is 1. The molecule has 180 valence electrons. The monoisotopic (exact) mass is 492 g/mol. The molecule has 3 rings (SSSR count). The number of alkyl halides is 2. The van der Waals surface area contributed by atoms with Gasteiger partial charge in [-0.15, -0.1) is 0 Å². The molecule has 11 heteroatoms. The molecule has 34 heavy (non-hydrogen) atoms. The maximum absolute atomic E-state index is 12.5. The number of nitrogens with one attached hydrogen (secondary N) is 2. The third-order valence-corrected chi connectivity index (χ3v) is 6.07. The predicted molar refractivity (Wildman–Crippen MR) is 121 cm³/mol. The van der Waals surface area contributed by atoms with Gasteiger partial charge in [0, 0.05) is 18.7 Å². The fourth-order valence-electron chi connectivity index (χ4n) is 2.99. The van der Waals surface area contributed by atoms with Crippen molar-refractivity contribution in [1.29, 1.82) is 0 Å². The van der Waals surface area contributed by atoms with Crippen molar-refractivity contribution >= 4 is 38.4 Å². The first-order valence-electron chi connectivity index (χ1n) is 10.2. The van der Waals surface area contributed by atoms with Gasteiger partial charge in [-0.2, -0.15) is 8.78 Å². The summed E-state index contributed by atoms with van der Waals surface area (Å²) in [5.41, 5.74) is 0.311. The molecule has 0 spiro atoms. The van der Waals surface area contributed by atoms with E-state index >= 15 is 0 Å². The fraction of sp³-hybridized carbons (Fsp3) is 0.217. The van der Waals surface area contributed by atoms with Gasteiger partial charge in [0.25, 0.3) is 5.91 Å². The summed E-state index contributed by atoms with van der Waals surface area (Å²) in [6.45, 7) is -3.48. The van der Waals surface area contributed by atoms with E-state index in [0.717, 1.165) is 10.8 Å². The van der Waals surface area contributed by atoms with Crippen LogP contribution >= 0.6 is 0 Å². The van der Waals surface area contributed by atoms with Crippen LogP contribution in [0.3, 0.4) is 0 Å². The summed E-state index contributed by atoms with van der Waals surface area (Å²) in [5, 5.41) is 4.16. The number of sulfonamides is 1. The molecule has 0 radical (unpaired) electrons. The predicted octanol–water partition coefficient (Wildman–Crippen LogP) is 3.68. The fourth-order valence-corrected chi connectivity index (χ4v) is 4.10. The Hall–Kier alpha value is -3.57. The van der Waals surface area contributed by atoms with E-state index in [2.05, 4.69) is 14.8 Å². The molecule has 1 amide bonds. The number of hydrogen-bond donors (Lipinski definition) is 2. The molecule has 0 bridgehead atoms. The number of esters is 1. The molecule has 0 aliphatic heterocycles. The number of rotatable bonds is 11. The van der Waals surface area contributed by atoms with Crippen LogP contribution in [-0.4, -0.2) is 40.1 Å². The van der Waals surface area contributed by atoms with Crippen LogP contribution < -0.4 is 14.8 Å². The molecule has 0 unspecified atom stereocenters. The minimum absolute atomic E-state index is 0.0174. The van der Waals surface area contributed by atoms with Gasteiger partial charge < -0.3 is 14.8 Å². The number of halogens is 2. The number of ether oxygens (including phenoxy) is 2. The van der Waals surface area contributed by atoms with Crippen LogP contribution in [0.5, 0.6) is 5.75 Å². The van der Waals surface area contributed by atoms with Crippen molar-refractivity contribution in [3.8, 4) is 5.75 Å². The molecule has 0 aromatic heterocycles. The summed E-state index contributed by atoms with van der Waals surface area (Å²) in [6.07, 6.45) is 0.0893. The van der Waals surface area contributed by atoms with Gasteiger partial charge >= 0.3 is 12.6 Å². The quantitative estimate of drug-likeness (QED) is 0.312. The van der Waals surface area contributed by atoms with Gasteiger partial charge in [-0.3, -0.25) is 9.59 Å². The first-order chi connectivity index (χ1) is 16.2. The van der Waals surface area contributed by atoms with Gasteiger partial charge in [0.05, 0.1) is 4.90 Å². The third kappa shape index (κ3) is 7.49. The molecule has 0 aliphatic rings. The van der Waals surface area contributed by atoms with Crippen LogP contribution in [0.15, 0.2) is 71.6 Å². The van der Waals surface area contributed by atoms with Gasteiger partial charge in [0.15, 0.2) is 6.61 Å². The van der Waals surface area contributed by atoms with E-state index in [1.165, 1.54) is 30.3 Å². The van der Waals surface area contributed by atoms with E-state index in [9.17, 15) is 26.8 Å². The zero-order chi connectivity index (χ0) is 24.6. The topological polar surface area (TPSA) is 111 Å². The maximum Gasteiger partial charge on any atom is 0.387 e. The van der Waals surface area contributed by atoms with Crippen molar-refractivity contribution < 1.29 is 36.3 Å². The van der Waals surface area contributed by atoms with Crippen molar-refractivity contribution in [2.45, 2.75) is 24.3 Å². The Balaban J connectivity index is 1.37. The summed E-state index contributed by atoms with van der Waals surface area (Å²) in [6, 6.07) is 17.4. The van der Waals surface area contributed by atoms with E-state index in [1.54, 1.807) is 12.1 Å². The van der Waals surface area contributed by atoms with Crippen LogP contribution in [0.2, 0.25) is 0 Å². The Morgan fingerprint density at radius 3 is 2.35 bits per heavy atom. The zero-order valence-electron chi connectivity index (χ0n) is 17.9. The summed E-state index contributed by atoms with van der Waals surface area (Å²) < 4.78 is 60.7. The molecule has 0 saturated carbocycles. The van der Waals surface area contributed by atoms with Crippen molar-refractivity contribution in [2.75, 3.05) is 18.5 Å². The van der Waals surface area contributed by atoms with Gasteiger partial charge in [0.1, 0.15) is 5.75 Å². The smallest absolute Gasteiger partial charge is 0.387 e. The molecule has 0 heterocycles. The molecular formula is C23H22F2N2O6S. The molecule has 0 fully saturated rings. The molecular weight excluding hydrogens is 470 g/mol. The highest BCUT2D eigenvalue weighted by atomic mass is 32.2. The van der Waals surface area contributed by atoms with Crippen molar-refractivity contribution in [1.82, 2.24) is 4.72 Å². The summed E-state index contributed by atoms with van der Waals surface area (Å²) >= 11 is 0. The minimum Gasteiger partial charge on any atom is -0.456 e. The molecule has 2 N–H and O–H groups in total. The average molecular weight is 493 g/mol. The van der Waals surface area contributed by atoms with Crippen molar-refractivity contribution in [2.24, 2.45) is 0 Å². The normalized spacial score (nSPS) is 11.4. The lowest BCUT2D eigenvalue weighted by molar-refractivity contribution is -0.147. The third-order valence-electron chi connectivity index (χ3n) is 4.61. The Kier molecular flexibility index (Phi) is 8.50. The first-order valence-corrected chi connectivity index (χ1v) is 11.7. The highest BCUT2D eigenvalue weighted by Crippen LogP contribution is 2.19. The number of carbonyl (C=O) groups excluding carboxylic acids is 2. The molecule has 0 aliphatic carbocycles. The number of amides is 1. The average Bonchev–Trinajstić information content (AvgIpc) is 2.81. The lowest BCUT2D eigenvalue weighted by Gasteiger charge is -2.09. The molecule has 3 aromatic rings. The largest absolute Gasteiger partial charge is 0.456 e. The molecule has 8 nitrogen and oxygen atoms in total. The standard InChI is InChI=1S/C23H22F2N2O6S/c24-23(25)33-19-10-8-18(9-11-19)27-21(28)15-32-22(29)6-3-13-26-34(30,31)20-12-7-16-4-1-2-5-17(16)14-20/h1-2,4-5,7-12,14,23,26H,3,6,13,15H2,(H,27,28). The van der Waals surface area contributed by atoms with E-state index < -0.39 is 35.1 Å². The number of benzene rings is 3. The van der Waals surface area contributed by atoms with E-state index in [-0.39, 0.29) is 30.0 Å². The lowest BCUT2D eigenvalue weighted by atomic mass is 10.1. The van der Waals surface area contributed by atoms with Gasteiger partial charge in [0.2, 0.25) is 10.0 Å². The van der Waals surface area contributed by atoms with E-state index in [4.69, 9.17) is 4.74 Å². The summed E-state index contributed by atoms with van der Waals surface area (Å²) in [7, 11) is -3.74. The van der Waals surface area contributed by atoms with Crippen LogP contribution in [0, 0.1) is 0 Å². The van der Waals surface area contributed by atoms with Crippen LogP contribution in [-0.2, 0) is 24.3 Å². The minimum atomic E-state index is -3.74. The van der Waals surface area contributed by atoms with E-state index in [0.29, 0.717) is 5.69 Å². The highest BCUT2D eigenvalue weighted by Gasteiger charge is 2.15. The Morgan fingerprint density at radius 2 is 1.65 bits per heavy atom. The maximum atomic E-state index is 12.5. The zero-order valence-corrected chi connectivity index (χ0v) is 18.7. The highest BCUT2D eigenvalue weighted by molar-refractivity contribution is 7.89. The van der Waals surface area contributed by atoms with Crippen LogP contribution in [0.25, 0.3) is 10.8 Å². The Bertz CT molecular complexity index is 1250. The Labute approximate surface area is 194 Å². The van der Waals surface area contributed by atoms with Gasteiger partial charge in [-0.1, -0.05) is 30.3 Å². The second-order valence-corrected chi connectivity index (χ2v) is 8.89. The van der Waals surface area contributed by atoms with Gasteiger partial charge in [-0.25, -0.2) is 13.1 Å². The summed E-state index contributed by atoms with van der Waals surface area (Å²) in [4.78, 5) is 23.8. The SMILES string of the molecule is O=C(COC(=O)CCCNS(=O)(=O)c1ccc2ccccc2c1)Nc1ccc(OC(F)F)cc1. The second kappa shape index (κ2) is 11.5. The molecule has 0 saturated heterocycles. The van der Waals surface area contributed by atoms with E-state index in [1.807, 2.05) is 24.3 Å². The van der Waals surface area contributed by atoms with Crippen molar-refractivity contribution in [3.05, 3.63) is 66.7 Å². The Morgan fingerprint density at radius 1 is 0.941 bits per heavy atom. The second-order valence-electron chi connectivity index (χ2n) is 7.12. The lowest BCUT2D eigenvalue weighted by Crippen LogP contribution is -2.26. The van der Waals surface area contributed by atoms with Gasteiger partial charge in [-0.05, 0) is 53.6 Å². The number of hydrogen-bond acceptors (Lipinski definition) is 6. The first kappa shape index (κ1) is 25.1. The van der Waals surface area contributed by atoms with Crippen LogP contribution in [0.4, 0.5) is 14.5 Å². The van der Waals surface area contributed by atoms with Crippen molar-refractivity contribution in [3.63, 3.8) is 0 Å².